The maximum absolute atomic E-state index is 5.27. The Morgan fingerprint density at radius 2 is 2.23 bits per heavy atom. The van der Waals surface area contributed by atoms with Gasteiger partial charge in [0.25, 0.3) is 0 Å². The zero-order chi connectivity index (χ0) is 10.1. The monoisotopic (exact) mass is 174 g/mol. The van der Waals surface area contributed by atoms with E-state index in [-0.39, 0.29) is 0 Å². The van der Waals surface area contributed by atoms with Crippen LogP contribution in [0.5, 0.6) is 0 Å². The van der Waals surface area contributed by atoms with E-state index in [0.29, 0.717) is 5.92 Å². The highest BCUT2D eigenvalue weighted by Gasteiger charge is 2.03. The Labute approximate surface area is 83.8 Å². The third-order valence-electron chi connectivity index (χ3n) is 2.20. The Balaban J connectivity index is 4.13. The predicted molar refractivity (Wildman–Crippen MR) is 61.9 cm³/mol. The van der Waals surface area contributed by atoms with Crippen molar-refractivity contribution in [1.82, 2.24) is 0 Å². The summed E-state index contributed by atoms with van der Waals surface area (Å²) in [6.45, 7) is 8.24. The molecule has 0 aliphatic heterocycles. The van der Waals surface area contributed by atoms with Crippen LogP contribution < -0.4 is 0 Å². The average Bonchev–Trinajstić information content (AvgIpc) is 2.16. The predicted octanol–water partition coefficient (Wildman–Crippen LogP) is 3.61. The molecule has 70 valence electrons. The molecule has 0 nitrogen and oxygen atoms in total. The van der Waals surface area contributed by atoms with E-state index in [0.717, 1.165) is 0 Å². The van der Waals surface area contributed by atoms with E-state index < -0.39 is 0 Å². The molecule has 0 aromatic rings. The first kappa shape index (κ1) is 12.3. The van der Waals surface area contributed by atoms with Gasteiger partial charge in [0.2, 0.25) is 0 Å². The fraction of sp³-hybridized carbons (Fsp3) is 0.500. The summed E-state index contributed by atoms with van der Waals surface area (Å²) in [4.78, 5) is 0. The third kappa shape index (κ3) is 5.51. The van der Waals surface area contributed by atoms with Crippen LogP contribution in [0.4, 0.5) is 0 Å². The molecule has 0 fully saturated rings. The average molecular weight is 174 g/mol. The second-order valence-corrected chi connectivity index (χ2v) is 3.30. The molecule has 0 aromatic heterocycles. The van der Waals surface area contributed by atoms with Gasteiger partial charge in [-0.05, 0) is 17.9 Å². The van der Waals surface area contributed by atoms with Crippen molar-refractivity contribution in [3.05, 3.63) is 36.4 Å². The van der Waals surface area contributed by atoms with Gasteiger partial charge in [-0.25, -0.2) is 0 Å². The number of allylic oxidation sites excluding steroid dienone is 4. The van der Waals surface area contributed by atoms with Gasteiger partial charge in [0, 0.05) is 0 Å². The minimum atomic E-state index is 0.591. The summed E-state index contributed by atoms with van der Waals surface area (Å²) in [5.74, 6) is 2.14. The highest BCUT2D eigenvalue weighted by Crippen LogP contribution is 2.18. The van der Waals surface area contributed by atoms with Gasteiger partial charge >= 0.3 is 0 Å². The first-order chi connectivity index (χ1) is 6.26. The topological polar surface area (TPSA) is 0 Å². The van der Waals surface area contributed by atoms with Crippen LogP contribution in [0.3, 0.4) is 0 Å². The molecule has 0 aliphatic rings. The van der Waals surface area contributed by atoms with Crippen molar-refractivity contribution < 1.29 is 0 Å². The summed E-state index contributed by atoms with van der Waals surface area (Å²) >= 11 is 0. The molecule has 1 unspecified atom stereocenters. The van der Waals surface area contributed by atoms with Crippen LogP contribution in [0.1, 0.15) is 33.1 Å². The number of hydrogen-bond donors (Lipinski definition) is 0. The van der Waals surface area contributed by atoms with Crippen molar-refractivity contribution in [3.63, 3.8) is 0 Å². The second kappa shape index (κ2) is 7.91. The fourth-order valence-corrected chi connectivity index (χ4v) is 1.28. The molecule has 1 heteroatoms. The van der Waals surface area contributed by atoms with Gasteiger partial charge in [-0.1, -0.05) is 51.5 Å². The van der Waals surface area contributed by atoms with Crippen molar-refractivity contribution >= 4 is 7.85 Å². The van der Waals surface area contributed by atoms with Gasteiger partial charge in [-0.2, -0.15) is 0 Å². The first-order valence-corrected chi connectivity index (χ1v) is 4.97. The summed E-state index contributed by atoms with van der Waals surface area (Å²) < 4.78 is 0. The van der Waals surface area contributed by atoms with E-state index in [9.17, 15) is 0 Å². The van der Waals surface area contributed by atoms with Crippen molar-refractivity contribution in [2.75, 3.05) is 0 Å². The smallest absolute Gasteiger partial charge is 0.102 e. The summed E-state index contributed by atoms with van der Waals surface area (Å²) in [5.41, 5.74) is 1.27. The van der Waals surface area contributed by atoms with Crippen LogP contribution in [0.25, 0.3) is 0 Å². The lowest BCUT2D eigenvalue weighted by molar-refractivity contribution is 0.581. The van der Waals surface area contributed by atoms with Gasteiger partial charge < -0.3 is 0 Å². The van der Waals surface area contributed by atoms with Crippen LogP contribution in [0, 0.1) is 5.92 Å². The molecule has 0 rings (SSSR count). The van der Waals surface area contributed by atoms with E-state index in [2.05, 4.69) is 20.4 Å². The van der Waals surface area contributed by atoms with E-state index in [1.54, 1.807) is 5.98 Å². The normalized spacial score (nSPS) is 14.8. The van der Waals surface area contributed by atoms with E-state index in [4.69, 9.17) is 7.85 Å². The highest BCUT2D eigenvalue weighted by molar-refractivity contribution is 6.17. The Hall–Kier alpha value is -0.715. The number of rotatable bonds is 6. The molecule has 0 bridgehead atoms. The highest BCUT2D eigenvalue weighted by atomic mass is 14.1. The molecule has 0 spiro atoms. The van der Waals surface area contributed by atoms with Gasteiger partial charge in [-0.3, -0.25) is 0 Å². The molecule has 0 saturated heterocycles. The van der Waals surface area contributed by atoms with Crippen molar-refractivity contribution in [3.8, 4) is 0 Å². The van der Waals surface area contributed by atoms with Crippen LogP contribution in [0.15, 0.2) is 36.4 Å². The summed E-state index contributed by atoms with van der Waals surface area (Å²) in [6.07, 6.45) is 9.57. The van der Waals surface area contributed by atoms with Crippen molar-refractivity contribution in [1.29, 1.82) is 0 Å². The minimum absolute atomic E-state index is 0.591. The Kier molecular flexibility index (Phi) is 7.47. The van der Waals surface area contributed by atoms with Crippen molar-refractivity contribution in [2.45, 2.75) is 33.1 Å². The first-order valence-electron chi connectivity index (χ1n) is 4.97. The second-order valence-electron chi connectivity index (χ2n) is 3.30. The number of unbranched alkanes of at least 4 members (excludes halogenated alkanes) is 1. The molecule has 1 atom stereocenters. The van der Waals surface area contributed by atoms with E-state index in [1.165, 1.54) is 24.8 Å². The minimum Gasteiger partial charge on any atom is -0.132 e. The number of hydrogen-bond acceptors (Lipinski definition) is 0. The lowest BCUT2D eigenvalue weighted by Crippen LogP contribution is -1.96. The maximum atomic E-state index is 5.27. The SMILES string of the molecule is [B]/C=C/C=C(\C=C)C(C)CCCC. The molecular formula is C12H19B. The van der Waals surface area contributed by atoms with Crippen LogP contribution in [-0.4, -0.2) is 7.85 Å². The lowest BCUT2D eigenvalue weighted by atomic mass is 9.94. The van der Waals surface area contributed by atoms with Gasteiger partial charge in [0.1, 0.15) is 7.85 Å². The largest absolute Gasteiger partial charge is 0.132 e. The molecule has 2 radical (unpaired) electrons. The molecule has 0 saturated carbocycles. The van der Waals surface area contributed by atoms with E-state index in [1.807, 2.05) is 18.2 Å². The standard InChI is InChI=1S/C12H19B/c1-4-6-8-11(3)12(5-2)9-7-10-13/h5,7,9-11H,2,4,6,8H2,1,3H3/b10-7+,12-9+. The Bertz CT molecular complexity index is 189. The fourth-order valence-electron chi connectivity index (χ4n) is 1.28. The molecule has 0 heterocycles. The Morgan fingerprint density at radius 1 is 1.54 bits per heavy atom. The summed E-state index contributed by atoms with van der Waals surface area (Å²) in [6, 6.07) is 0. The van der Waals surface area contributed by atoms with Crippen LogP contribution in [-0.2, 0) is 0 Å². The zero-order valence-electron chi connectivity index (χ0n) is 8.79. The molecule has 0 aliphatic carbocycles. The summed E-state index contributed by atoms with van der Waals surface area (Å²) in [7, 11) is 5.27. The summed E-state index contributed by atoms with van der Waals surface area (Å²) in [5, 5.41) is 0. The van der Waals surface area contributed by atoms with Gasteiger partial charge in [0.15, 0.2) is 0 Å². The molecule has 0 amide bonds. The molecule has 0 N–H and O–H groups in total. The van der Waals surface area contributed by atoms with E-state index >= 15 is 0 Å². The molecule has 0 aromatic carbocycles. The van der Waals surface area contributed by atoms with Crippen LogP contribution >= 0.6 is 0 Å². The van der Waals surface area contributed by atoms with Gasteiger partial charge in [0.05, 0.1) is 0 Å². The lowest BCUT2D eigenvalue weighted by Gasteiger charge is -2.11. The molecular weight excluding hydrogens is 155 g/mol. The Morgan fingerprint density at radius 3 is 2.69 bits per heavy atom. The van der Waals surface area contributed by atoms with Crippen molar-refractivity contribution in [2.24, 2.45) is 5.92 Å². The quantitative estimate of drug-likeness (QED) is 0.426. The van der Waals surface area contributed by atoms with Crippen LogP contribution in [0.2, 0.25) is 0 Å². The molecule has 13 heavy (non-hydrogen) atoms. The third-order valence-corrected chi connectivity index (χ3v) is 2.20. The van der Waals surface area contributed by atoms with Gasteiger partial charge in [-0.15, -0.1) is 5.98 Å². The maximum Gasteiger partial charge on any atom is 0.102 e. The zero-order valence-corrected chi connectivity index (χ0v) is 8.79.